The Kier molecular flexibility index (Phi) is 51.9. The summed E-state index contributed by atoms with van der Waals surface area (Å²) in [7, 11) is 0. The monoisotopic (exact) mass is 931 g/mol. The minimum atomic E-state index is -0.797. The molecule has 0 N–H and O–H groups in total. The predicted octanol–water partition coefficient (Wildman–Crippen LogP) is 18.5. The molecular weight excluding hydrogens is 829 g/mol. The zero-order valence-electron chi connectivity index (χ0n) is 43.6. The lowest BCUT2D eigenvalue weighted by Crippen LogP contribution is -2.30. The summed E-state index contributed by atoms with van der Waals surface area (Å²) in [5, 5.41) is 0. The van der Waals surface area contributed by atoms with Crippen LogP contribution in [0.1, 0.15) is 252 Å². The minimum Gasteiger partial charge on any atom is -0.462 e. The lowest BCUT2D eigenvalue weighted by atomic mass is 10.1. The lowest BCUT2D eigenvalue weighted by molar-refractivity contribution is -0.167. The molecule has 0 aliphatic heterocycles. The van der Waals surface area contributed by atoms with Crippen LogP contribution >= 0.6 is 0 Å². The van der Waals surface area contributed by atoms with E-state index in [1.165, 1.54) is 96.3 Å². The van der Waals surface area contributed by atoms with Crippen LogP contribution in [0.2, 0.25) is 0 Å². The van der Waals surface area contributed by atoms with E-state index in [4.69, 9.17) is 14.2 Å². The molecule has 0 bridgehead atoms. The number of hydrogen-bond donors (Lipinski definition) is 0. The molecule has 0 spiro atoms. The van der Waals surface area contributed by atoms with Gasteiger partial charge < -0.3 is 14.2 Å². The number of hydrogen-bond acceptors (Lipinski definition) is 6. The number of unbranched alkanes of at least 4 members (excludes halogenated alkanes) is 25. The minimum absolute atomic E-state index is 0.0937. The topological polar surface area (TPSA) is 78.9 Å². The highest BCUT2D eigenvalue weighted by molar-refractivity contribution is 5.71. The van der Waals surface area contributed by atoms with Gasteiger partial charge in [-0.3, -0.25) is 14.4 Å². The van der Waals surface area contributed by atoms with E-state index in [9.17, 15) is 14.4 Å². The van der Waals surface area contributed by atoms with E-state index in [0.29, 0.717) is 19.3 Å². The molecule has 6 heteroatoms. The first-order chi connectivity index (χ1) is 33.0. The number of esters is 3. The highest BCUT2D eigenvalue weighted by Gasteiger charge is 2.19. The van der Waals surface area contributed by atoms with E-state index in [-0.39, 0.29) is 31.1 Å². The molecule has 0 aromatic rings. The van der Waals surface area contributed by atoms with Crippen molar-refractivity contribution in [2.75, 3.05) is 13.2 Å². The molecule has 0 heterocycles. The van der Waals surface area contributed by atoms with E-state index in [1.54, 1.807) is 0 Å². The fourth-order valence-electron chi connectivity index (χ4n) is 7.46. The number of carbonyl (C=O) groups is 3. The van der Waals surface area contributed by atoms with Crippen molar-refractivity contribution < 1.29 is 28.6 Å². The largest absolute Gasteiger partial charge is 0.462 e. The van der Waals surface area contributed by atoms with Gasteiger partial charge in [0, 0.05) is 19.3 Å². The van der Waals surface area contributed by atoms with Gasteiger partial charge in [0.05, 0.1) is 0 Å². The Balaban J connectivity index is 4.47. The van der Waals surface area contributed by atoms with Crippen molar-refractivity contribution in [1.82, 2.24) is 0 Å². The first kappa shape index (κ1) is 63.3. The third-order valence-electron chi connectivity index (χ3n) is 11.6. The SMILES string of the molecule is CC/C=C\C/C=C\C/C=C\CCCCCCCCC(=O)OC(COC(=O)CCCCCCC\C=C/C=C\C=C/C=C\CCCCC)COC(=O)CCCCCCCCC/C=C\CCCCCC. The third-order valence-corrected chi connectivity index (χ3v) is 11.6. The van der Waals surface area contributed by atoms with Crippen molar-refractivity contribution in [3.05, 3.63) is 97.2 Å². The second-order valence-electron chi connectivity index (χ2n) is 18.2. The van der Waals surface area contributed by atoms with Crippen LogP contribution in [0.15, 0.2) is 97.2 Å². The van der Waals surface area contributed by atoms with Crippen molar-refractivity contribution in [2.45, 2.75) is 258 Å². The first-order valence-corrected chi connectivity index (χ1v) is 27.8. The molecule has 0 amide bonds. The highest BCUT2D eigenvalue weighted by atomic mass is 16.6. The van der Waals surface area contributed by atoms with E-state index in [2.05, 4.69) is 118 Å². The zero-order valence-corrected chi connectivity index (χ0v) is 43.6. The van der Waals surface area contributed by atoms with E-state index < -0.39 is 6.10 Å². The van der Waals surface area contributed by atoms with Gasteiger partial charge in [0.2, 0.25) is 0 Å². The molecule has 0 aromatic heterocycles. The van der Waals surface area contributed by atoms with Gasteiger partial charge in [-0.15, -0.1) is 0 Å². The maximum Gasteiger partial charge on any atom is 0.306 e. The smallest absolute Gasteiger partial charge is 0.306 e. The summed E-state index contributed by atoms with van der Waals surface area (Å²) < 4.78 is 16.8. The summed E-state index contributed by atoms with van der Waals surface area (Å²) in [5.41, 5.74) is 0. The van der Waals surface area contributed by atoms with Gasteiger partial charge in [-0.2, -0.15) is 0 Å². The molecular formula is C61H102O6. The second kappa shape index (κ2) is 54.9. The molecule has 0 aromatic carbocycles. The van der Waals surface area contributed by atoms with Gasteiger partial charge in [-0.1, -0.05) is 227 Å². The van der Waals surface area contributed by atoms with Crippen LogP contribution in [0.4, 0.5) is 0 Å². The average molecular weight is 931 g/mol. The van der Waals surface area contributed by atoms with Crippen LogP contribution < -0.4 is 0 Å². The Labute approximate surface area is 413 Å². The Morgan fingerprint density at radius 1 is 0.328 bits per heavy atom. The summed E-state index contributed by atoms with van der Waals surface area (Å²) in [6, 6.07) is 0. The molecule has 0 fully saturated rings. The Bertz CT molecular complexity index is 1350. The fraction of sp³-hybridized carbons (Fsp3) is 0.689. The maximum atomic E-state index is 12.8. The van der Waals surface area contributed by atoms with Crippen LogP contribution in [0.5, 0.6) is 0 Å². The van der Waals surface area contributed by atoms with Gasteiger partial charge in [0.25, 0.3) is 0 Å². The zero-order chi connectivity index (χ0) is 48.6. The quantitative estimate of drug-likeness (QED) is 0.0199. The normalized spacial score (nSPS) is 12.8. The number of allylic oxidation sites excluding steroid dienone is 16. The summed E-state index contributed by atoms with van der Waals surface area (Å²) in [6.07, 6.45) is 72.4. The number of rotatable bonds is 49. The van der Waals surface area contributed by atoms with Gasteiger partial charge >= 0.3 is 17.9 Å². The van der Waals surface area contributed by atoms with Gasteiger partial charge in [-0.25, -0.2) is 0 Å². The summed E-state index contributed by atoms with van der Waals surface area (Å²) in [6.45, 7) is 6.45. The molecule has 0 radical (unpaired) electrons. The van der Waals surface area contributed by atoms with Crippen LogP contribution in [0.3, 0.4) is 0 Å². The molecule has 0 aliphatic carbocycles. The molecule has 382 valence electrons. The Morgan fingerprint density at radius 2 is 0.642 bits per heavy atom. The van der Waals surface area contributed by atoms with Crippen molar-refractivity contribution in [3.8, 4) is 0 Å². The van der Waals surface area contributed by atoms with Crippen molar-refractivity contribution in [1.29, 1.82) is 0 Å². The molecule has 0 rings (SSSR count). The summed E-state index contributed by atoms with van der Waals surface area (Å²) >= 11 is 0. The molecule has 67 heavy (non-hydrogen) atoms. The van der Waals surface area contributed by atoms with E-state index in [1.807, 2.05) is 0 Å². The summed E-state index contributed by atoms with van der Waals surface area (Å²) in [5.74, 6) is -0.933. The molecule has 0 saturated heterocycles. The predicted molar refractivity (Wildman–Crippen MR) is 288 cm³/mol. The lowest BCUT2D eigenvalue weighted by Gasteiger charge is -2.18. The fourth-order valence-corrected chi connectivity index (χ4v) is 7.46. The van der Waals surface area contributed by atoms with Gasteiger partial charge in [-0.05, 0) is 103 Å². The first-order valence-electron chi connectivity index (χ1n) is 27.8. The van der Waals surface area contributed by atoms with Crippen molar-refractivity contribution in [2.24, 2.45) is 0 Å². The number of ether oxygens (including phenoxy) is 3. The average Bonchev–Trinajstić information content (AvgIpc) is 3.33. The molecule has 0 saturated carbocycles. The molecule has 0 aliphatic rings. The summed E-state index contributed by atoms with van der Waals surface area (Å²) in [4.78, 5) is 38.1. The van der Waals surface area contributed by atoms with Crippen LogP contribution in [-0.2, 0) is 28.6 Å². The third kappa shape index (κ3) is 53.2. The second-order valence-corrected chi connectivity index (χ2v) is 18.2. The van der Waals surface area contributed by atoms with Crippen molar-refractivity contribution >= 4 is 17.9 Å². The molecule has 1 atom stereocenters. The standard InChI is InChI=1S/C61H102O6/c1-4-7-10-13-16-19-22-25-28-30-31-34-36-39-42-45-48-51-54-60(63)66-57-58(56-65-59(62)53-50-47-44-41-38-35-32-27-24-21-18-15-12-9-6-3)67-61(64)55-52-49-46-43-40-37-33-29-26-23-20-17-14-11-8-5-2/h8,11,16-17,19-22,24-26,28-31,34,58H,4-7,9-10,12-15,18,23,27,32-33,35-57H2,1-3H3/b11-8-,19-16-,20-17-,24-21-,25-22-,29-26-,30-28-,34-31-. The van der Waals surface area contributed by atoms with E-state index in [0.717, 1.165) is 116 Å². The maximum absolute atomic E-state index is 12.8. The molecule has 1 unspecified atom stereocenters. The van der Waals surface area contributed by atoms with E-state index >= 15 is 0 Å². The Hall–Kier alpha value is -3.67. The molecule has 6 nitrogen and oxygen atoms in total. The van der Waals surface area contributed by atoms with Crippen molar-refractivity contribution in [3.63, 3.8) is 0 Å². The van der Waals surface area contributed by atoms with Crippen LogP contribution in [0.25, 0.3) is 0 Å². The number of carbonyl (C=O) groups excluding carboxylic acids is 3. The van der Waals surface area contributed by atoms with Crippen LogP contribution in [0, 0.1) is 0 Å². The van der Waals surface area contributed by atoms with Crippen LogP contribution in [-0.4, -0.2) is 37.2 Å². The van der Waals surface area contributed by atoms with Gasteiger partial charge in [0.15, 0.2) is 6.10 Å². The highest BCUT2D eigenvalue weighted by Crippen LogP contribution is 2.14. The Morgan fingerprint density at radius 3 is 1.09 bits per heavy atom. The van der Waals surface area contributed by atoms with Gasteiger partial charge in [0.1, 0.15) is 13.2 Å².